The largest absolute Gasteiger partial charge is 0.302 e. The highest BCUT2D eigenvalue weighted by atomic mass is 32.2. The Bertz CT molecular complexity index is 1110. The van der Waals surface area contributed by atoms with Gasteiger partial charge >= 0.3 is 0 Å². The summed E-state index contributed by atoms with van der Waals surface area (Å²) < 4.78 is 2.20. The highest BCUT2D eigenvalue weighted by Crippen LogP contribution is 2.32. The minimum atomic E-state index is 0.535. The number of thiazole rings is 1. The molecule has 0 atom stereocenters. The van der Waals surface area contributed by atoms with Crippen LogP contribution in [0.1, 0.15) is 42.8 Å². The quantitative estimate of drug-likeness (QED) is 0.294. The van der Waals surface area contributed by atoms with Gasteiger partial charge in [-0.15, -0.1) is 32.9 Å². The molecule has 4 nitrogen and oxygen atoms in total. The lowest BCUT2D eigenvalue weighted by atomic mass is 10.1. The molecule has 0 unspecified atom stereocenters. The Morgan fingerprint density at radius 2 is 1.93 bits per heavy atom. The molecule has 3 heterocycles. The number of aromatic nitrogens is 4. The monoisotopic (exact) mass is 440 g/mol. The fraction of sp³-hybridized carbons (Fsp3) is 0.318. The summed E-state index contributed by atoms with van der Waals surface area (Å²) in [5.74, 6) is 2.28. The molecule has 0 amide bonds. The van der Waals surface area contributed by atoms with E-state index < -0.39 is 0 Å². The van der Waals surface area contributed by atoms with E-state index in [0.717, 1.165) is 39.5 Å². The lowest BCUT2D eigenvalue weighted by Crippen LogP contribution is -1.99. The SMILES string of the molecule is CCn1c(SCc2csc(-c3cccc(C)c3)n2)nnc1-c1csc(C(C)C)c1. The average molecular weight is 441 g/mol. The number of rotatable bonds is 7. The minimum absolute atomic E-state index is 0.535. The zero-order chi connectivity index (χ0) is 20.4. The van der Waals surface area contributed by atoms with E-state index >= 15 is 0 Å². The van der Waals surface area contributed by atoms with Gasteiger partial charge in [-0.25, -0.2) is 4.98 Å². The molecule has 0 saturated carbocycles. The maximum Gasteiger partial charge on any atom is 0.191 e. The molecule has 3 aromatic heterocycles. The van der Waals surface area contributed by atoms with Gasteiger partial charge < -0.3 is 4.57 Å². The normalized spacial score (nSPS) is 11.5. The molecule has 150 valence electrons. The molecule has 1 aromatic carbocycles. The van der Waals surface area contributed by atoms with Crippen LogP contribution < -0.4 is 0 Å². The fourth-order valence-electron chi connectivity index (χ4n) is 3.09. The third kappa shape index (κ3) is 4.47. The average Bonchev–Trinajstić information content (AvgIpc) is 3.44. The van der Waals surface area contributed by atoms with Crippen LogP contribution in [0.25, 0.3) is 22.0 Å². The number of aryl methyl sites for hydroxylation is 1. The van der Waals surface area contributed by atoms with E-state index in [4.69, 9.17) is 4.98 Å². The van der Waals surface area contributed by atoms with Crippen molar-refractivity contribution in [3.8, 4) is 22.0 Å². The molecule has 0 saturated heterocycles. The van der Waals surface area contributed by atoms with Gasteiger partial charge in [0.05, 0.1) is 5.69 Å². The third-order valence-corrected chi connectivity index (χ3v) is 7.82. The van der Waals surface area contributed by atoms with Gasteiger partial charge in [-0.3, -0.25) is 0 Å². The van der Waals surface area contributed by atoms with Crippen LogP contribution >= 0.6 is 34.4 Å². The van der Waals surface area contributed by atoms with Crippen LogP contribution in [0.5, 0.6) is 0 Å². The zero-order valence-corrected chi connectivity index (χ0v) is 19.5. The molecule has 0 aliphatic heterocycles. The predicted octanol–water partition coefficient (Wildman–Crippen LogP) is 6.87. The molecule has 0 radical (unpaired) electrons. The van der Waals surface area contributed by atoms with Crippen molar-refractivity contribution in [3.63, 3.8) is 0 Å². The Balaban J connectivity index is 1.50. The maximum atomic E-state index is 4.82. The minimum Gasteiger partial charge on any atom is -0.302 e. The highest BCUT2D eigenvalue weighted by Gasteiger charge is 2.16. The number of nitrogens with zero attached hydrogens (tertiary/aromatic N) is 4. The Morgan fingerprint density at radius 1 is 1.07 bits per heavy atom. The number of hydrogen-bond donors (Lipinski definition) is 0. The van der Waals surface area contributed by atoms with Crippen molar-refractivity contribution >= 4 is 34.4 Å². The fourth-order valence-corrected chi connectivity index (χ4v) is 5.81. The first-order valence-electron chi connectivity index (χ1n) is 9.71. The second kappa shape index (κ2) is 8.81. The molecule has 4 aromatic rings. The van der Waals surface area contributed by atoms with Crippen LogP contribution in [0.15, 0.2) is 46.2 Å². The van der Waals surface area contributed by atoms with Crippen molar-refractivity contribution in [1.82, 2.24) is 19.7 Å². The van der Waals surface area contributed by atoms with E-state index in [1.807, 2.05) is 0 Å². The van der Waals surface area contributed by atoms with Crippen molar-refractivity contribution < 1.29 is 0 Å². The van der Waals surface area contributed by atoms with Gasteiger partial charge in [0.25, 0.3) is 0 Å². The highest BCUT2D eigenvalue weighted by molar-refractivity contribution is 7.98. The Hall–Kier alpha value is -1.96. The summed E-state index contributed by atoms with van der Waals surface area (Å²) >= 11 is 5.20. The van der Waals surface area contributed by atoms with Crippen molar-refractivity contribution in [2.45, 2.75) is 51.1 Å². The molecule has 0 spiro atoms. The van der Waals surface area contributed by atoms with Crippen LogP contribution in [0.4, 0.5) is 0 Å². The number of thioether (sulfide) groups is 1. The van der Waals surface area contributed by atoms with Gasteiger partial charge in [0, 0.05) is 39.1 Å². The topological polar surface area (TPSA) is 43.6 Å². The summed E-state index contributed by atoms with van der Waals surface area (Å²) in [4.78, 5) is 6.20. The molecule has 7 heteroatoms. The van der Waals surface area contributed by atoms with Crippen LogP contribution in [0, 0.1) is 6.92 Å². The Kier molecular flexibility index (Phi) is 6.18. The maximum absolute atomic E-state index is 4.82. The molecule has 29 heavy (non-hydrogen) atoms. The van der Waals surface area contributed by atoms with E-state index in [2.05, 4.69) is 83.6 Å². The number of thiophene rings is 1. The molecule has 0 aliphatic rings. The second-order valence-corrected chi connectivity index (χ2v) is 9.99. The van der Waals surface area contributed by atoms with E-state index in [-0.39, 0.29) is 0 Å². The first-order chi connectivity index (χ1) is 14.0. The smallest absolute Gasteiger partial charge is 0.191 e. The third-order valence-electron chi connectivity index (χ3n) is 4.65. The number of hydrogen-bond acceptors (Lipinski definition) is 6. The summed E-state index contributed by atoms with van der Waals surface area (Å²) in [6, 6.07) is 10.7. The first kappa shape index (κ1) is 20.3. The van der Waals surface area contributed by atoms with E-state index in [0.29, 0.717) is 5.92 Å². The summed E-state index contributed by atoms with van der Waals surface area (Å²) in [7, 11) is 0. The lowest BCUT2D eigenvalue weighted by Gasteiger charge is -2.05. The lowest BCUT2D eigenvalue weighted by molar-refractivity contribution is 0.687. The number of benzene rings is 1. The van der Waals surface area contributed by atoms with Gasteiger partial charge in [-0.05, 0) is 31.9 Å². The summed E-state index contributed by atoms with van der Waals surface area (Å²) in [5, 5.41) is 15.3. The van der Waals surface area contributed by atoms with E-state index in [1.54, 1.807) is 34.4 Å². The predicted molar refractivity (Wildman–Crippen MR) is 125 cm³/mol. The Morgan fingerprint density at radius 3 is 2.66 bits per heavy atom. The van der Waals surface area contributed by atoms with Crippen LogP contribution in [0.2, 0.25) is 0 Å². The molecule has 0 bridgehead atoms. The Labute approximate surface area is 184 Å². The van der Waals surface area contributed by atoms with Gasteiger partial charge in [0.15, 0.2) is 11.0 Å². The summed E-state index contributed by atoms with van der Waals surface area (Å²) in [5.41, 5.74) is 4.69. The van der Waals surface area contributed by atoms with Gasteiger partial charge in [0.1, 0.15) is 5.01 Å². The zero-order valence-electron chi connectivity index (χ0n) is 17.0. The van der Waals surface area contributed by atoms with E-state index in [1.165, 1.54) is 16.0 Å². The van der Waals surface area contributed by atoms with Crippen LogP contribution in [-0.2, 0) is 12.3 Å². The molecule has 0 fully saturated rings. The van der Waals surface area contributed by atoms with Crippen molar-refractivity contribution in [2.75, 3.05) is 0 Å². The van der Waals surface area contributed by atoms with Gasteiger partial charge in [0.2, 0.25) is 0 Å². The molecule has 0 N–H and O–H groups in total. The van der Waals surface area contributed by atoms with E-state index in [9.17, 15) is 0 Å². The van der Waals surface area contributed by atoms with Crippen molar-refractivity contribution in [3.05, 3.63) is 57.2 Å². The summed E-state index contributed by atoms with van der Waals surface area (Å²) in [6.45, 7) is 9.55. The van der Waals surface area contributed by atoms with Gasteiger partial charge in [-0.2, -0.15) is 0 Å². The molecule has 4 rings (SSSR count). The summed E-state index contributed by atoms with van der Waals surface area (Å²) in [6.07, 6.45) is 0. The van der Waals surface area contributed by atoms with Crippen molar-refractivity contribution in [2.24, 2.45) is 0 Å². The standard InChI is InChI=1S/C22H24N4S3/c1-5-26-20(17-10-19(14(2)3)27-11-17)24-25-22(26)29-13-18-12-28-21(23-18)16-8-6-7-15(4)9-16/h6-12,14H,5,13H2,1-4H3. The molecular formula is C22H24N4S3. The second-order valence-electron chi connectivity index (χ2n) is 7.25. The van der Waals surface area contributed by atoms with Crippen LogP contribution in [0.3, 0.4) is 0 Å². The van der Waals surface area contributed by atoms with Gasteiger partial charge in [-0.1, -0.05) is 49.4 Å². The first-order valence-corrected chi connectivity index (χ1v) is 12.5. The van der Waals surface area contributed by atoms with Crippen LogP contribution in [-0.4, -0.2) is 19.7 Å². The molecular weight excluding hydrogens is 416 g/mol. The molecule has 0 aliphatic carbocycles. The van der Waals surface area contributed by atoms with Crippen molar-refractivity contribution in [1.29, 1.82) is 0 Å².